The largest absolute Gasteiger partial charge is 0.480 e. The molecule has 8 nitrogen and oxygen atoms in total. The molecule has 0 aliphatic heterocycles. The molecule has 104 valence electrons. The standard InChI is InChI=1S/C11H16N4O4/c16-9(17)11(4-1-2-5-11)14-10(18)12-6-3-8-13-7-19-15-8/h7H,1-6H2,(H,16,17)(H2,12,14,18). The van der Waals surface area contributed by atoms with Gasteiger partial charge in [-0.3, -0.25) is 0 Å². The number of carboxylic acids is 1. The monoisotopic (exact) mass is 268 g/mol. The molecular weight excluding hydrogens is 252 g/mol. The first-order valence-corrected chi connectivity index (χ1v) is 6.17. The second kappa shape index (κ2) is 5.68. The van der Waals surface area contributed by atoms with Crippen molar-refractivity contribution in [3.05, 3.63) is 12.2 Å². The van der Waals surface area contributed by atoms with Crippen LogP contribution in [0, 0.1) is 0 Å². The van der Waals surface area contributed by atoms with E-state index in [0.29, 0.717) is 31.6 Å². The van der Waals surface area contributed by atoms with Gasteiger partial charge in [0.15, 0.2) is 5.82 Å². The van der Waals surface area contributed by atoms with Crippen LogP contribution in [0.25, 0.3) is 0 Å². The summed E-state index contributed by atoms with van der Waals surface area (Å²) in [6.45, 7) is 0.321. The van der Waals surface area contributed by atoms with Crippen molar-refractivity contribution in [2.75, 3.05) is 6.54 Å². The van der Waals surface area contributed by atoms with Gasteiger partial charge in [0.05, 0.1) is 0 Å². The third-order valence-electron chi connectivity index (χ3n) is 3.26. The number of carboxylic acid groups (broad SMARTS) is 1. The molecule has 0 spiro atoms. The molecule has 1 heterocycles. The van der Waals surface area contributed by atoms with Crippen LogP contribution in [-0.2, 0) is 11.2 Å². The molecule has 0 saturated heterocycles. The van der Waals surface area contributed by atoms with Gasteiger partial charge in [-0.2, -0.15) is 4.98 Å². The van der Waals surface area contributed by atoms with Crippen molar-refractivity contribution in [1.29, 1.82) is 0 Å². The average molecular weight is 268 g/mol. The molecule has 8 heteroatoms. The summed E-state index contributed by atoms with van der Waals surface area (Å²) >= 11 is 0. The summed E-state index contributed by atoms with van der Waals surface area (Å²) in [5.41, 5.74) is -1.11. The smallest absolute Gasteiger partial charge is 0.329 e. The Morgan fingerprint density at radius 2 is 2.16 bits per heavy atom. The van der Waals surface area contributed by atoms with Gasteiger partial charge in [-0.25, -0.2) is 9.59 Å². The highest BCUT2D eigenvalue weighted by Gasteiger charge is 2.42. The number of nitrogens with zero attached hydrogens (tertiary/aromatic N) is 2. The van der Waals surface area contributed by atoms with Crippen LogP contribution in [0.3, 0.4) is 0 Å². The molecule has 3 N–H and O–H groups in total. The van der Waals surface area contributed by atoms with Crippen molar-refractivity contribution < 1.29 is 19.2 Å². The van der Waals surface area contributed by atoms with Crippen molar-refractivity contribution in [1.82, 2.24) is 20.8 Å². The van der Waals surface area contributed by atoms with E-state index in [1.54, 1.807) is 0 Å². The van der Waals surface area contributed by atoms with E-state index in [1.165, 1.54) is 6.39 Å². The van der Waals surface area contributed by atoms with Crippen LogP contribution < -0.4 is 10.6 Å². The van der Waals surface area contributed by atoms with Gasteiger partial charge < -0.3 is 20.3 Å². The van der Waals surface area contributed by atoms with Gasteiger partial charge in [0.2, 0.25) is 6.39 Å². The van der Waals surface area contributed by atoms with Gasteiger partial charge in [0, 0.05) is 13.0 Å². The lowest BCUT2D eigenvalue weighted by molar-refractivity contribution is -0.144. The van der Waals surface area contributed by atoms with E-state index in [4.69, 9.17) is 0 Å². The molecule has 0 atom stereocenters. The second-order valence-corrected chi connectivity index (χ2v) is 4.57. The quantitative estimate of drug-likeness (QED) is 0.707. The number of urea groups is 1. The lowest BCUT2D eigenvalue weighted by Gasteiger charge is -2.25. The molecule has 19 heavy (non-hydrogen) atoms. The Bertz CT molecular complexity index is 440. The van der Waals surface area contributed by atoms with Crippen molar-refractivity contribution in [2.24, 2.45) is 0 Å². The predicted octanol–water partition coefficient (Wildman–Crippen LogP) is 0.309. The number of carbonyl (C=O) groups excluding carboxylic acids is 1. The van der Waals surface area contributed by atoms with Crippen LogP contribution in [0.1, 0.15) is 31.5 Å². The van der Waals surface area contributed by atoms with Gasteiger partial charge in [0.1, 0.15) is 5.54 Å². The first-order valence-electron chi connectivity index (χ1n) is 6.17. The molecular formula is C11H16N4O4. The van der Waals surface area contributed by atoms with Gasteiger partial charge in [0.25, 0.3) is 0 Å². The van der Waals surface area contributed by atoms with Gasteiger partial charge >= 0.3 is 12.0 Å². The van der Waals surface area contributed by atoms with E-state index in [-0.39, 0.29) is 0 Å². The van der Waals surface area contributed by atoms with Crippen molar-refractivity contribution in [3.63, 3.8) is 0 Å². The highest BCUT2D eigenvalue weighted by Crippen LogP contribution is 2.29. The Labute approximate surface area is 109 Å². The second-order valence-electron chi connectivity index (χ2n) is 4.57. The Morgan fingerprint density at radius 1 is 1.42 bits per heavy atom. The number of aromatic nitrogens is 2. The van der Waals surface area contributed by atoms with Gasteiger partial charge in [-0.1, -0.05) is 18.0 Å². The first-order chi connectivity index (χ1) is 9.12. The summed E-state index contributed by atoms with van der Waals surface area (Å²) in [5.74, 6) is -0.479. The Balaban J connectivity index is 1.78. The molecule has 1 aliphatic rings. The number of aliphatic carboxylic acids is 1. The molecule has 2 rings (SSSR count). The zero-order valence-corrected chi connectivity index (χ0v) is 10.4. The maximum absolute atomic E-state index is 11.7. The molecule has 0 radical (unpaired) electrons. The summed E-state index contributed by atoms with van der Waals surface area (Å²) in [6, 6.07) is -0.479. The summed E-state index contributed by atoms with van der Waals surface area (Å²) in [4.78, 5) is 26.7. The number of nitrogens with one attached hydrogen (secondary N) is 2. The van der Waals surface area contributed by atoms with Gasteiger partial charge in [-0.05, 0) is 12.8 Å². The van der Waals surface area contributed by atoms with Crippen LogP contribution in [0.5, 0.6) is 0 Å². The van der Waals surface area contributed by atoms with E-state index < -0.39 is 17.5 Å². The Hall–Kier alpha value is -2.12. The van der Waals surface area contributed by atoms with Crippen molar-refractivity contribution >= 4 is 12.0 Å². The summed E-state index contributed by atoms with van der Waals surface area (Å²) in [7, 11) is 0. The van der Waals surface area contributed by atoms with E-state index >= 15 is 0 Å². The fraction of sp³-hybridized carbons (Fsp3) is 0.636. The van der Waals surface area contributed by atoms with Crippen LogP contribution in [0.15, 0.2) is 10.9 Å². The van der Waals surface area contributed by atoms with Crippen LogP contribution in [0.4, 0.5) is 4.79 Å². The molecule has 0 aromatic carbocycles. The molecule has 1 aromatic heterocycles. The van der Waals surface area contributed by atoms with E-state index in [9.17, 15) is 14.7 Å². The lowest BCUT2D eigenvalue weighted by Crippen LogP contribution is -2.55. The van der Waals surface area contributed by atoms with E-state index in [0.717, 1.165) is 12.8 Å². The minimum atomic E-state index is -1.11. The third kappa shape index (κ3) is 3.21. The molecule has 1 fully saturated rings. The highest BCUT2D eigenvalue weighted by molar-refractivity contribution is 5.86. The minimum absolute atomic E-state index is 0.321. The molecule has 1 aliphatic carbocycles. The SMILES string of the molecule is O=C(NCCc1ncon1)NC1(C(=O)O)CCCC1. The van der Waals surface area contributed by atoms with Crippen LogP contribution in [0.2, 0.25) is 0 Å². The lowest BCUT2D eigenvalue weighted by atomic mass is 9.98. The maximum Gasteiger partial charge on any atom is 0.329 e. The molecule has 1 saturated carbocycles. The van der Waals surface area contributed by atoms with Crippen molar-refractivity contribution in [3.8, 4) is 0 Å². The average Bonchev–Trinajstić information content (AvgIpc) is 3.00. The molecule has 1 aromatic rings. The number of carbonyl (C=O) groups is 2. The summed E-state index contributed by atoms with van der Waals surface area (Å²) < 4.78 is 4.56. The fourth-order valence-electron chi connectivity index (χ4n) is 2.22. The molecule has 0 unspecified atom stereocenters. The molecule has 2 amide bonds. The normalized spacial score (nSPS) is 17.1. The number of hydrogen-bond acceptors (Lipinski definition) is 5. The zero-order valence-electron chi connectivity index (χ0n) is 10.4. The maximum atomic E-state index is 11.7. The number of amides is 2. The topological polar surface area (TPSA) is 117 Å². The van der Waals surface area contributed by atoms with Gasteiger partial charge in [-0.15, -0.1) is 0 Å². The Kier molecular flexibility index (Phi) is 3.98. The first kappa shape index (κ1) is 13.3. The summed E-state index contributed by atoms with van der Waals surface area (Å²) in [5, 5.41) is 18.0. The predicted molar refractivity (Wildman–Crippen MR) is 63.4 cm³/mol. The summed E-state index contributed by atoms with van der Waals surface area (Å²) in [6.07, 6.45) is 4.23. The van der Waals surface area contributed by atoms with E-state index in [2.05, 4.69) is 25.3 Å². The highest BCUT2D eigenvalue weighted by atomic mass is 16.5. The third-order valence-corrected chi connectivity index (χ3v) is 3.26. The minimum Gasteiger partial charge on any atom is -0.480 e. The van der Waals surface area contributed by atoms with Crippen molar-refractivity contribution in [2.45, 2.75) is 37.6 Å². The van der Waals surface area contributed by atoms with Crippen LogP contribution >= 0.6 is 0 Å². The van der Waals surface area contributed by atoms with E-state index in [1.807, 2.05) is 0 Å². The Morgan fingerprint density at radius 3 is 2.74 bits per heavy atom. The fourth-order valence-corrected chi connectivity index (χ4v) is 2.22. The van der Waals surface area contributed by atoms with Crippen LogP contribution in [-0.4, -0.2) is 39.3 Å². The number of hydrogen-bond donors (Lipinski definition) is 3. The zero-order chi connectivity index (χ0) is 13.7. The molecule has 0 bridgehead atoms. The number of rotatable bonds is 5.